The number of aromatic nitrogens is 2. The van der Waals surface area contributed by atoms with Crippen molar-refractivity contribution in [3.8, 4) is 17.1 Å². The number of nitrogens with zero attached hydrogens (tertiary/aromatic N) is 2. The van der Waals surface area contributed by atoms with E-state index < -0.39 is 6.10 Å². The number of aliphatic hydroxyl groups excluding tert-OH is 1. The zero-order valence-corrected chi connectivity index (χ0v) is 9.58. The van der Waals surface area contributed by atoms with Gasteiger partial charge in [0.25, 0.3) is 0 Å². The first-order chi connectivity index (χ1) is 8.25. The van der Waals surface area contributed by atoms with Crippen molar-refractivity contribution in [3.05, 3.63) is 42.7 Å². The summed E-state index contributed by atoms with van der Waals surface area (Å²) >= 11 is 0. The van der Waals surface area contributed by atoms with Crippen molar-refractivity contribution in [2.45, 2.75) is 13.0 Å². The van der Waals surface area contributed by atoms with E-state index in [1.54, 1.807) is 19.3 Å². The summed E-state index contributed by atoms with van der Waals surface area (Å²) in [6.07, 6.45) is 2.72. The van der Waals surface area contributed by atoms with Gasteiger partial charge < -0.3 is 9.84 Å². The Morgan fingerprint density at radius 3 is 2.41 bits per heavy atom. The Labute approximate surface area is 99.9 Å². The van der Waals surface area contributed by atoms with E-state index >= 15 is 0 Å². The van der Waals surface area contributed by atoms with Crippen LogP contribution in [0.4, 0.5) is 0 Å². The van der Waals surface area contributed by atoms with Crippen LogP contribution in [0.5, 0.6) is 5.75 Å². The first-order valence-electron chi connectivity index (χ1n) is 5.44. The average molecular weight is 230 g/mol. The van der Waals surface area contributed by atoms with Crippen molar-refractivity contribution >= 4 is 0 Å². The largest absolute Gasteiger partial charge is 0.488 e. The maximum atomic E-state index is 9.08. The molecule has 1 aromatic heterocycles. The van der Waals surface area contributed by atoms with E-state index in [9.17, 15) is 0 Å². The lowest BCUT2D eigenvalue weighted by molar-refractivity contribution is 0.122. The van der Waals surface area contributed by atoms with Crippen molar-refractivity contribution in [2.75, 3.05) is 6.61 Å². The maximum absolute atomic E-state index is 9.08. The Hall–Kier alpha value is -1.94. The van der Waals surface area contributed by atoms with E-state index in [4.69, 9.17) is 9.84 Å². The lowest BCUT2D eigenvalue weighted by atomic mass is 10.2. The zero-order valence-electron chi connectivity index (χ0n) is 9.58. The van der Waals surface area contributed by atoms with E-state index in [1.807, 2.05) is 30.3 Å². The van der Waals surface area contributed by atoms with E-state index in [0.717, 1.165) is 5.56 Å². The van der Waals surface area contributed by atoms with Gasteiger partial charge in [0.15, 0.2) is 11.6 Å². The Bertz CT molecular complexity index is 455. The number of hydrogen-bond donors (Lipinski definition) is 1. The van der Waals surface area contributed by atoms with E-state index in [2.05, 4.69) is 9.97 Å². The molecule has 0 saturated carbocycles. The normalized spacial score (nSPS) is 12.1. The van der Waals surface area contributed by atoms with Crippen LogP contribution in [0.25, 0.3) is 11.4 Å². The first kappa shape index (κ1) is 11.5. The minimum Gasteiger partial charge on any atom is -0.488 e. The third kappa shape index (κ3) is 3.26. The number of rotatable bonds is 4. The molecular formula is C13H14N2O2. The summed E-state index contributed by atoms with van der Waals surface area (Å²) in [7, 11) is 0. The van der Waals surface area contributed by atoms with Gasteiger partial charge in [0.2, 0.25) is 0 Å². The molecule has 2 aromatic rings. The number of hydrogen-bond acceptors (Lipinski definition) is 4. The predicted octanol–water partition coefficient (Wildman–Crippen LogP) is 1.90. The first-order valence-corrected chi connectivity index (χ1v) is 5.44. The van der Waals surface area contributed by atoms with E-state index in [0.29, 0.717) is 11.6 Å². The van der Waals surface area contributed by atoms with Gasteiger partial charge in [0.05, 0.1) is 18.5 Å². The van der Waals surface area contributed by atoms with Crippen LogP contribution in [0.1, 0.15) is 6.92 Å². The molecule has 4 nitrogen and oxygen atoms in total. The standard InChI is InChI=1S/C13H14N2O2/c1-10(16)9-17-12-7-14-13(15-8-12)11-5-3-2-4-6-11/h2-8,10,16H,9H2,1H3. The minimum atomic E-state index is -0.496. The summed E-state index contributed by atoms with van der Waals surface area (Å²) in [5.74, 6) is 1.22. The van der Waals surface area contributed by atoms with Gasteiger partial charge >= 0.3 is 0 Å². The van der Waals surface area contributed by atoms with Crippen LogP contribution in [0.2, 0.25) is 0 Å². The van der Waals surface area contributed by atoms with Gasteiger partial charge in [-0.3, -0.25) is 0 Å². The van der Waals surface area contributed by atoms with Crippen LogP contribution >= 0.6 is 0 Å². The molecule has 0 amide bonds. The third-order valence-corrected chi connectivity index (χ3v) is 2.15. The monoisotopic (exact) mass is 230 g/mol. The highest BCUT2D eigenvalue weighted by Crippen LogP contribution is 2.15. The highest BCUT2D eigenvalue weighted by molar-refractivity contribution is 5.54. The molecule has 1 aromatic carbocycles. The van der Waals surface area contributed by atoms with Crippen molar-refractivity contribution in [1.82, 2.24) is 9.97 Å². The summed E-state index contributed by atoms with van der Waals surface area (Å²) in [6, 6.07) is 9.73. The second-order valence-electron chi connectivity index (χ2n) is 3.77. The molecule has 1 heterocycles. The second kappa shape index (κ2) is 5.41. The van der Waals surface area contributed by atoms with Crippen LogP contribution in [0.3, 0.4) is 0 Å². The Kier molecular flexibility index (Phi) is 3.67. The number of ether oxygens (including phenoxy) is 1. The van der Waals surface area contributed by atoms with Gasteiger partial charge in [0, 0.05) is 5.56 Å². The molecule has 17 heavy (non-hydrogen) atoms. The summed E-state index contributed by atoms with van der Waals surface area (Å²) in [4.78, 5) is 8.42. The molecule has 1 N–H and O–H groups in total. The van der Waals surface area contributed by atoms with Crippen molar-refractivity contribution in [3.63, 3.8) is 0 Å². The molecule has 4 heteroatoms. The molecule has 0 aliphatic heterocycles. The van der Waals surface area contributed by atoms with Crippen LogP contribution in [0.15, 0.2) is 42.7 Å². The Morgan fingerprint density at radius 1 is 1.18 bits per heavy atom. The number of aliphatic hydroxyl groups is 1. The lowest BCUT2D eigenvalue weighted by Crippen LogP contribution is -2.13. The molecule has 88 valence electrons. The van der Waals surface area contributed by atoms with E-state index in [-0.39, 0.29) is 6.61 Å². The fraction of sp³-hybridized carbons (Fsp3) is 0.231. The van der Waals surface area contributed by atoms with E-state index in [1.165, 1.54) is 0 Å². The third-order valence-electron chi connectivity index (χ3n) is 2.15. The highest BCUT2D eigenvalue weighted by atomic mass is 16.5. The fourth-order valence-corrected chi connectivity index (χ4v) is 1.34. The van der Waals surface area contributed by atoms with Crippen LogP contribution in [-0.4, -0.2) is 27.8 Å². The zero-order chi connectivity index (χ0) is 12.1. The summed E-state index contributed by atoms with van der Waals surface area (Å²) in [5, 5.41) is 9.08. The molecule has 0 spiro atoms. The molecule has 1 atom stereocenters. The van der Waals surface area contributed by atoms with Crippen molar-refractivity contribution in [1.29, 1.82) is 0 Å². The molecule has 0 aliphatic carbocycles. The number of benzene rings is 1. The van der Waals surface area contributed by atoms with Gasteiger partial charge in [-0.05, 0) is 6.92 Å². The van der Waals surface area contributed by atoms with Crippen LogP contribution in [0, 0.1) is 0 Å². The molecule has 1 unspecified atom stereocenters. The van der Waals surface area contributed by atoms with Gasteiger partial charge in [-0.25, -0.2) is 9.97 Å². The summed E-state index contributed by atoms with van der Waals surface area (Å²) < 4.78 is 5.28. The molecule has 2 rings (SSSR count). The summed E-state index contributed by atoms with van der Waals surface area (Å²) in [6.45, 7) is 1.91. The van der Waals surface area contributed by atoms with Gasteiger partial charge in [-0.2, -0.15) is 0 Å². The van der Waals surface area contributed by atoms with Gasteiger partial charge in [0.1, 0.15) is 6.61 Å². The van der Waals surface area contributed by atoms with Crippen LogP contribution < -0.4 is 4.74 Å². The second-order valence-corrected chi connectivity index (χ2v) is 3.77. The lowest BCUT2D eigenvalue weighted by Gasteiger charge is -2.07. The topological polar surface area (TPSA) is 55.2 Å². The average Bonchev–Trinajstić information content (AvgIpc) is 2.38. The van der Waals surface area contributed by atoms with Crippen molar-refractivity contribution < 1.29 is 9.84 Å². The summed E-state index contributed by atoms with van der Waals surface area (Å²) in [5.41, 5.74) is 0.967. The SMILES string of the molecule is CC(O)COc1cnc(-c2ccccc2)nc1. The smallest absolute Gasteiger partial charge is 0.159 e. The highest BCUT2D eigenvalue weighted by Gasteiger charge is 2.02. The van der Waals surface area contributed by atoms with Gasteiger partial charge in [-0.1, -0.05) is 30.3 Å². The Balaban J connectivity index is 2.08. The quantitative estimate of drug-likeness (QED) is 0.871. The minimum absolute atomic E-state index is 0.244. The van der Waals surface area contributed by atoms with Gasteiger partial charge in [-0.15, -0.1) is 0 Å². The molecule has 0 bridgehead atoms. The Morgan fingerprint density at radius 2 is 1.82 bits per heavy atom. The molecule has 0 radical (unpaired) electrons. The fourth-order valence-electron chi connectivity index (χ4n) is 1.34. The predicted molar refractivity (Wildman–Crippen MR) is 64.6 cm³/mol. The maximum Gasteiger partial charge on any atom is 0.159 e. The molecule has 0 saturated heterocycles. The molecule has 0 aliphatic rings. The van der Waals surface area contributed by atoms with Crippen LogP contribution in [-0.2, 0) is 0 Å². The molecular weight excluding hydrogens is 216 g/mol. The molecule has 0 fully saturated rings. The van der Waals surface area contributed by atoms with Crippen molar-refractivity contribution in [2.24, 2.45) is 0 Å².